The Balaban J connectivity index is 1.69. The molecule has 4 heteroatoms. The molecule has 1 aromatic carbocycles. The van der Waals surface area contributed by atoms with Crippen molar-refractivity contribution in [3.8, 4) is 5.69 Å². The van der Waals surface area contributed by atoms with Gasteiger partial charge in [0, 0.05) is 36.4 Å². The average molecular weight is 366 g/mol. The van der Waals surface area contributed by atoms with Crippen molar-refractivity contribution in [1.29, 1.82) is 0 Å². The zero-order valence-corrected chi connectivity index (χ0v) is 17.1. The van der Waals surface area contributed by atoms with Gasteiger partial charge in [-0.1, -0.05) is 11.6 Å². The Morgan fingerprint density at radius 3 is 2.37 bits per heavy atom. The van der Waals surface area contributed by atoms with Gasteiger partial charge >= 0.3 is 0 Å². The molecule has 2 saturated heterocycles. The van der Waals surface area contributed by atoms with E-state index in [1.54, 1.807) is 0 Å². The predicted molar refractivity (Wildman–Crippen MR) is 110 cm³/mol. The van der Waals surface area contributed by atoms with E-state index in [0.717, 1.165) is 60.8 Å². The number of carbonyl (C=O) groups excluding carboxylic acids is 1. The van der Waals surface area contributed by atoms with Crippen molar-refractivity contribution in [3.05, 3.63) is 52.8 Å². The lowest BCUT2D eigenvalue weighted by Gasteiger charge is -2.40. The third-order valence-corrected chi connectivity index (χ3v) is 6.47. The van der Waals surface area contributed by atoms with Gasteiger partial charge in [0.05, 0.1) is 11.3 Å². The number of rotatable bonds is 2. The summed E-state index contributed by atoms with van der Waals surface area (Å²) in [6, 6.07) is 10.5. The number of hydrogen-bond donors (Lipinski definition) is 0. The molecule has 144 valence electrons. The Kier molecular flexibility index (Phi) is 4.63. The zero-order chi connectivity index (χ0) is 19.2. The van der Waals surface area contributed by atoms with Gasteiger partial charge < -0.3 is 14.4 Å². The summed E-state index contributed by atoms with van der Waals surface area (Å²) in [7, 11) is 2.20. The normalized spacial score (nSPS) is 23.3. The Labute approximate surface area is 162 Å². The van der Waals surface area contributed by atoms with Crippen LogP contribution in [0.2, 0.25) is 0 Å². The highest BCUT2D eigenvalue weighted by Crippen LogP contribution is 2.39. The van der Waals surface area contributed by atoms with Gasteiger partial charge in [0.25, 0.3) is 5.91 Å². The van der Waals surface area contributed by atoms with Crippen LogP contribution in [0.5, 0.6) is 0 Å². The van der Waals surface area contributed by atoms with Gasteiger partial charge in [-0.25, -0.2) is 0 Å². The second-order valence-corrected chi connectivity index (χ2v) is 8.79. The first kappa shape index (κ1) is 18.3. The van der Waals surface area contributed by atoms with Crippen LogP contribution < -0.4 is 0 Å². The quantitative estimate of drug-likeness (QED) is 0.806. The van der Waals surface area contributed by atoms with Crippen LogP contribution in [-0.4, -0.2) is 53.5 Å². The summed E-state index contributed by atoms with van der Waals surface area (Å²) >= 11 is 0. The molecular formula is C23H31N3O. The Bertz CT molecular complexity index is 845. The highest BCUT2D eigenvalue weighted by atomic mass is 16.2. The van der Waals surface area contributed by atoms with Crippen molar-refractivity contribution in [1.82, 2.24) is 14.4 Å². The molecule has 1 spiro atoms. The van der Waals surface area contributed by atoms with Gasteiger partial charge in [-0.3, -0.25) is 4.79 Å². The molecule has 3 heterocycles. The third-order valence-electron chi connectivity index (χ3n) is 6.47. The molecule has 4 rings (SSSR count). The highest BCUT2D eigenvalue weighted by Gasteiger charge is 2.41. The smallest absolute Gasteiger partial charge is 0.256 e. The molecule has 2 aromatic rings. The molecular weight excluding hydrogens is 334 g/mol. The molecule has 1 unspecified atom stereocenters. The van der Waals surface area contributed by atoms with Gasteiger partial charge in [-0.2, -0.15) is 0 Å². The number of nitrogens with zero attached hydrogens (tertiary/aromatic N) is 3. The van der Waals surface area contributed by atoms with E-state index >= 15 is 0 Å². The van der Waals surface area contributed by atoms with Crippen molar-refractivity contribution in [2.75, 3.05) is 33.2 Å². The summed E-state index contributed by atoms with van der Waals surface area (Å²) < 4.78 is 2.20. The van der Waals surface area contributed by atoms with Crippen LogP contribution >= 0.6 is 0 Å². The molecule has 2 aliphatic heterocycles. The molecule has 0 bridgehead atoms. The maximum atomic E-state index is 13.6. The van der Waals surface area contributed by atoms with Crippen LogP contribution in [0, 0.1) is 26.2 Å². The van der Waals surface area contributed by atoms with Crippen molar-refractivity contribution < 1.29 is 4.79 Å². The van der Waals surface area contributed by atoms with Crippen LogP contribution in [0.3, 0.4) is 0 Å². The van der Waals surface area contributed by atoms with E-state index < -0.39 is 0 Å². The predicted octanol–water partition coefficient (Wildman–Crippen LogP) is 3.96. The van der Waals surface area contributed by atoms with Crippen LogP contribution in [0.1, 0.15) is 46.6 Å². The minimum absolute atomic E-state index is 0.190. The van der Waals surface area contributed by atoms with Crippen LogP contribution in [-0.2, 0) is 0 Å². The fourth-order valence-corrected chi connectivity index (χ4v) is 5.11. The number of aryl methyl sites for hydroxylation is 3. The van der Waals surface area contributed by atoms with Gasteiger partial charge in [0.1, 0.15) is 0 Å². The number of hydrogen-bond acceptors (Lipinski definition) is 2. The molecule has 1 atom stereocenters. The van der Waals surface area contributed by atoms with E-state index in [9.17, 15) is 4.79 Å². The van der Waals surface area contributed by atoms with Gasteiger partial charge in [0.2, 0.25) is 0 Å². The average Bonchev–Trinajstić information content (AvgIpc) is 3.16. The number of amides is 1. The van der Waals surface area contributed by atoms with Crippen LogP contribution in [0.15, 0.2) is 30.3 Å². The van der Waals surface area contributed by atoms with E-state index in [1.807, 2.05) is 0 Å². The summed E-state index contributed by atoms with van der Waals surface area (Å²) in [5.74, 6) is 0.190. The molecule has 0 N–H and O–H groups in total. The first-order valence-corrected chi connectivity index (χ1v) is 10.1. The van der Waals surface area contributed by atoms with E-state index in [4.69, 9.17) is 0 Å². The van der Waals surface area contributed by atoms with E-state index in [0.29, 0.717) is 5.41 Å². The number of benzene rings is 1. The Morgan fingerprint density at radius 1 is 0.963 bits per heavy atom. The standard InChI is InChI=1S/C23H31N3O/c1-17-6-9-21(26-18(2)7-8-19(26)3)20(14-17)22(27)25-12-5-10-23(16-25)11-13-24(4)15-23/h6-9,14H,5,10-13,15-16H2,1-4H3. The van der Waals surface area contributed by atoms with Crippen molar-refractivity contribution >= 4 is 5.91 Å². The lowest BCUT2D eigenvalue weighted by atomic mass is 9.79. The minimum atomic E-state index is 0.190. The molecule has 27 heavy (non-hydrogen) atoms. The lowest BCUT2D eigenvalue weighted by molar-refractivity contribution is 0.0534. The summed E-state index contributed by atoms with van der Waals surface area (Å²) in [5, 5.41) is 0. The highest BCUT2D eigenvalue weighted by molar-refractivity contribution is 5.98. The van der Waals surface area contributed by atoms with Gasteiger partial charge in [-0.05, 0) is 77.9 Å². The number of piperidine rings is 1. The molecule has 4 nitrogen and oxygen atoms in total. The second kappa shape index (κ2) is 6.83. The van der Waals surface area contributed by atoms with Crippen molar-refractivity contribution in [2.45, 2.75) is 40.0 Å². The molecule has 2 aliphatic rings. The molecule has 1 aromatic heterocycles. The Morgan fingerprint density at radius 2 is 1.70 bits per heavy atom. The number of carbonyl (C=O) groups is 1. The molecule has 0 aliphatic carbocycles. The number of likely N-dealkylation sites (tertiary alicyclic amines) is 2. The molecule has 0 radical (unpaired) electrons. The minimum Gasteiger partial charge on any atom is -0.338 e. The largest absolute Gasteiger partial charge is 0.338 e. The topological polar surface area (TPSA) is 28.5 Å². The molecule has 1 amide bonds. The SMILES string of the molecule is Cc1ccc(-n2c(C)ccc2C)c(C(=O)N2CCCC3(CCN(C)C3)C2)c1. The summed E-state index contributed by atoms with van der Waals surface area (Å²) in [6.07, 6.45) is 3.57. The third kappa shape index (κ3) is 3.31. The van der Waals surface area contributed by atoms with Gasteiger partial charge in [-0.15, -0.1) is 0 Å². The maximum Gasteiger partial charge on any atom is 0.256 e. The first-order valence-electron chi connectivity index (χ1n) is 10.1. The van der Waals surface area contributed by atoms with E-state index in [1.165, 1.54) is 12.8 Å². The number of aromatic nitrogens is 1. The van der Waals surface area contributed by atoms with E-state index in [2.05, 4.69) is 72.5 Å². The molecule has 2 fully saturated rings. The summed E-state index contributed by atoms with van der Waals surface area (Å²) in [4.78, 5) is 18.1. The van der Waals surface area contributed by atoms with Crippen LogP contribution in [0.4, 0.5) is 0 Å². The first-order chi connectivity index (χ1) is 12.9. The monoisotopic (exact) mass is 365 g/mol. The van der Waals surface area contributed by atoms with Crippen molar-refractivity contribution in [3.63, 3.8) is 0 Å². The maximum absolute atomic E-state index is 13.6. The van der Waals surface area contributed by atoms with Gasteiger partial charge in [0.15, 0.2) is 0 Å². The zero-order valence-electron chi connectivity index (χ0n) is 17.1. The summed E-state index contributed by atoms with van der Waals surface area (Å²) in [6.45, 7) is 10.3. The fraction of sp³-hybridized carbons (Fsp3) is 0.522. The Hall–Kier alpha value is -2.07. The second-order valence-electron chi connectivity index (χ2n) is 8.79. The lowest BCUT2D eigenvalue weighted by Crippen LogP contribution is -2.47. The van der Waals surface area contributed by atoms with Crippen LogP contribution in [0.25, 0.3) is 5.69 Å². The van der Waals surface area contributed by atoms with E-state index in [-0.39, 0.29) is 5.91 Å². The molecule has 0 saturated carbocycles. The van der Waals surface area contributed by atoms with Crippen molar-refractivity contribution in [2.24, 2.45) is 5.41 Å². The summed E-state index contributed by atoms with van der Waals surface area (Å²) in [5.41, 5.74) is 5.61. The fourth-order valence-electron chi connectivity index (χ4n) is 5.11.